The van der Waals surface area contributed by atoms with E-state index in [1.165, 1.54) is 11.1 Å². The first kappa shape index (κ1) is 29.6. The van der Waals surface area contributed by atoms with Gasteiger partial charge in [0.05, 0.1) is 13.2 Å². The lowest BCUT2D eigenvalue weighted by Crippen LogP contribution is -2.45. The number of hydrogen-bond acceptors (Lipinski definition) is 5. The maximum absolute atomic E-state index is 11.9. The van der Waals surface area contributed by atoms with Gasteiger partial charge in [-0.15, -0.1) is 37.2 Å². The molecule has 164 valence electrons. The lowest BCUT2D eigenvalue weighted by Gasteiger charge is -2.34. The van der Waals surface area contributed by atoms with Crippen molar-refractivity contribution in [1.29, 1.82) is 0 Å². The Hall–Kier alpha value is -0.600. The van der Waals surface area contributed by atoms with Gasteiger partial charge >= 0.3 is 0 Å². The van der Waals surface area contributed by atoms with Crippen LogP contribution >= 0.6 is 37.2 Å². The molecule has 1 aromatic rings. The number of amides is 1. The number of ether oxygens (including phenoxy) is 1. The predicted octanol–water partition coefficient (Wildman–Crippen LogP) is 1.94. The van der Waals surface area contributed by atoms with Gasteiger partial charge in [-0.2, -0.15) is 0 Å². The fourth-order valence-corrected chi connectivity index (χ4v) is 3.02. The molecule has 0 aromatic heterocycles. The molecule has 1 aromatic carbocycles. The normalized spacial score (nSPS) is 14.4. The number of carbonyl (C=O) groups is 1. The van der Waals surface area contributed by atoms with E-state index < -0.39 is 0 Å². The molecule has 0 unspecified atom stereocenters. The Kier molecular flexibility index (Phi) is 18.3. The van der Waals surface area contributed by atoms with Crippen molar-refractivity contribution in [3.63, 3.8) is 0 Å². The Morgan fingerprint density at radius 2 is 1.64 bits per heavy atom. The molecule has 0 spiro atoms. The molecular weight excluding hydrogens is 423 g/mol. The van der Waals surface area contributed by atoms with Crippen molar-refractivity contribution in [2.75, 3.05) is 59.5 Å². The first-order valence-electron chi connectivity index (χ1n) is 9.20. The van der Waals surface area contributed by atoms with E-state index in [0.717, 1.165) is 39.3 Å². The summed E-state index contributed by atoms with van der Waals surface area (Å²) in [6, 6.07) is 8.40. The van der Waals surface area contributed by atoms with Crippen molar-refractivity contribution in [3.05, 3.63) is 35.4 Å². The summed E-state index contributed by atoms with van der Waals surface area (Å²) in [4.78, 5) is 16.9. The Labute approximate surface area is 188 Å². The SMILES string of the molecule is CCN1CCN(Cc2ccccc2CNC(=O)CNCCOC)CC1.Cl.Cl.Cl. The zero-order valence-electron chi connectivity index (χ0n) is 16.8. The Bertz CT molecular complexity index is 530. The number of rotatable bonds is 10. The van der Waals surface area contributed by atoms with E-state index in [9.17, 15) is 4.79 Å². The van der Waals surface area contributed by atoms with Crippen LogP contribution < -0.4 is 10.6 Å². The molecule has 6 nitrogen and oxygen atoms in total. The zero-order chi connectivity index (χ0) is 17.9. The zero-order valence-corrected chi connectivity index (χ0v) is 19.3. The average molecular weight is 458 g/mol. The summed E-state index contributed by atoms with van der Waals surface area (Å²) in [5.74, 6) is 0.0162. The van der Waals surface area contributed by atoms with Crippen molar-refractivity contribution in [3.8, 4) is 0 Å². The number of hydrogen-bond donors (Lipinski definition) is 2. The first-order valence-corrected chi connectivity index (χ1v) is 9.20. The number of carbonyl (C=O) groups excluding carboxylic acids is 1. The van der Waals surface area contributed by atoms with Crippen LogP contribution in [0.15, 0.2) is 24.3 Å². The van der Waals surface area contributed by atoms with Crippen molar-refractivity contribution < 1.29 is 9.53 Å². The molecule has 28 heavy (non-hydrogen) atoms. The highest BCUT2D eigenvalue weighted by Gasteiger charge is 2.16. The first-order chi connectivity index (χ1) is 12.2. The molecule has 0 atom stereocenters. The maximum Gasteiger partial charge on any atom is 0.234 e. The van der Waals surface area contributed by atoms with Crippen LogP contribution in [0.1, 0.15) is 18.1 Å². The van der Waals surface area contributed by atoms with Gasteiger partial charge in [0.25, 0.3) is 0 Å². The van der Waals surface area contributed by atoms with Crippen LogP contribution in [-0.4, -0.2) is 75.2 Å². The Morgan fingerprint density at radius 3 is 2.25 bits per heavy atom. The third kappa shape index (κ3) is 10.8. The van der Waals surface area contributed by atoms with Crippen LogP contribution in [0, 0.1) is 0 Å². The second-order valence-corrected chi connectivity index (χ2v) is 6.43. The summed E-state index contributed by atoms with van der Waals surface area (Å²) >= 11 is 0. The van der Waals surface area contributed by atoms with E-state index in [0.29, 0.717) is 26.2 Å². The van der Waals surface area contributed by atoms with Crippen LogP contribution in [0.3, 0.4) is 0 Å². The minimum absolute atomic E-state index is 0. The van der Waals surface area contributed by atoms with Gasteiger partial charge in [0, 0.05) is 52.9 Å². The standard InChI is InChI=1S/C19H32N4O2.3ClH/c1-3-22-9-11-23(12-10-22)16-18-7-5-4-6-17(18)14-21-19(24)15-20-8-13-25-2;;;/h4-7,20H,3,8-16H2,1-2H3,(H,21,24);3*1H. The molecule has 1 fully saturated rings. The van der Waals surface area contributed by atoms with Crippen molar-refractivity contribution in [2.24, 2.45) is 0 Å². The minimum Gasteiger partial charge on any atom is -0.383 e. The average Bonchev–Trinajstić information content (AvgIpc) is 2.65. The van der Waals surface area contributed by atoms with Gasteiger partial charge in [-0.05, 0) is 17.7 Å². The highest BCUT2D eigenvalue weighted by Crippen LogP contribution is 2.13. The molecule has 0 aliphatic carbocycles. The summed E-state index contributed by atoms with van der Waals surface area (Å²) in [6.07, 6.45) is 0. The van der Waals surface area contributed by atoms with Gasteiger partial charge in [-0.3, -0.25) is 9.69 Å². The van der Waals surface area contributed by atoms with Gasteiger partial charge in [-0.1, -0.05) is 31.2 Å². The molecule has 1 saturated heterocycles. The van der Waals surface area contributed by atoms with Crippen LogP contribution in [0.2, 0.25) is 0 Å². The van der Waals surface area contributed by atoms with Crippen LogP contribution in [-0.2, 0) is 22.6 Å². The molecule has 0 saturated carbocycles. The number of nitrogens with one attached hydrogen (secondary N) is 2. The molecule has 0 radical (unpaired) electrons. The molecule has 2 N–H and O–H groups in total. The molecule has 1 amide bonds. The molecule has 1 heterocycles. The summed E-state index contributed by atoms with van der Waals surface area (Å²) in [5.41, 5.74) is 2.51. The van der Waals surface area contributed by atoms with Crippen LogP contribution in [0.5, 0.6) is 0 Å². The fraction of sp³-hybridized carbons (Fsp3) is 0.632. The minimum atomic E-state index is 0. The number of nitrogens with zero attached hydrogens (tertiary/aromatic N) is 2. The summed E-state index contributed by atoms with van der Waals surface area (Å²) in [6.45, 7) is 11.0. The molecule has 1 aliphatic heterocycles. The summed E-state index contributed by atoms with van der Waals surface area (Å²) in [5, 5.41) is 6.06. The van der Waals surface area contributed by atoms with E-state index in [1.807, 2.05) is 6.07 Å². The van der Waals surface area contributed by atoms with Crippen LogP contribution in [0.4, 0.5) is 0 Å². The van der Waals surface area contributed by atoms with Gasteiger partial charge in [0.1, 0.15) is 0 Å². The van der Waals surface area contributed by atoms with E-state index in [-0.39, 0.29) is 43.1 Å². The van der Waals surface area contributed by atoms with E-state index >= 15 is 0 Å². The van der Waals surface area contributed by atoms with Gasteiger partial charge in [0.15, 0.2) is 0 Å². The molecule has 1 aliphatic rings. The third-order valence-corrected chi connectivity index (χ3v) is 4.67. The van der Waals surface area contributed by atoms with Crippen LogP contribution in [0.25, 0.3) is 0 Å². The van der Waals surface area contributed by atoms with E-state index in [4.69, 9.17) is 4.74 Å². The van der Waals surface area contributed by atoms with Crippen molar-refractivity contribution in [1.82, 2.24) is 20.4 Å². The molecule has 9 heteroatoms. The fourth-order valence-electron chi connectivity index (χ4n) is 3.02. The Morgan fingerprint density at radius 1 is 1.04 bits per heavy atom. The molecule has 0 bridgehead atoms. The molecular formula is C19H35Cl3N4O2. The number of methoxy groups -OCH3 is 1. The molecule has 2 rings (SSSR count). The van der Waals surface area contributed by atoms with Gasteiger partial charge in [-0.25, -0.2) is 0 Å². The summed E-state index contributed by atoms with van der Waals surface area (Å²) in [7, 11) is 1.65. The van der Waals surface area contributed by atoms with Crippen molar-refractivity contribution >= 4 is 43.1 Å². The lowest BCUT2D eigenvalue weighted by molar-refractivity contribution is -0.120. The maximum atomic E-state index is 11.9. The van der Waals surface area contributed by atoms with Crippen molar-refractivity contribution in [2.45, 2.75) is 20.0 Å². The number of likely N-dealkylation sites (N-methyl/N-ethyl adjacent to an activating group) is 1. The quantitative estimate of drug-likeness (QED) is 0.526. The Balaban J connectivity index is 0. The van der Waals surface area contributed by atoms with Gasteiger partial charge in [0.2, 0.25) is 5.91 Å². The topological polar surface area (TPSA) is 56.8 Å². The van der Waals surface area contributed by atoms with E-state index in [1.54, 1.807) is 7.11 Å². The number of piperazine rings is 1. The second kappa shape index (κ2) is 17.3. The highest BCUT2D eigenvalue weighted by atomic mass is 35.5. The number of benzene rings is 1. The predicted molar refractivity (Wildman–Crippen MR) is 122 cm³/mol. The number of halogens is 3. The lowest BCUT2D eigenvalue weighted by atomic mass is 10.1. The summed E-state index contributed by atoms with van der Waals surface area (Å²) < 4.78 is 4.95. The third-order valence-electron chi connectivity index (χ3n) is 4.67. The smallest absolute Gasteiger partial charge is 0.234 e. The highest BCUT2D eigenvalue weighted by molar-refractivity contribution is 5.86. The monoisotopic (exact) mass is 456 g/mol. The van der Waals surface area contributed by atoms with Gasteiger partial charge < -0.3 is 20.3 Å². The largest absolute Gasteiger partial charge is 0.383 e. The second-order valence-electron chi connectivity index (χ2n) is 6.43. The van der Waals surface area contributed by atoms with E-state index in [2.05, 4.69) is 45.6 Å².